The lowest BCUT2D eigenvalue weighted by molar-refractivity contribution is -0.118. The van der Waals surface area contributed by atoms with Gasteiger partial charge in [0.1, 0.15) is 11.9 Å². The van der Waals surface area contributed by atoms with Crippen molar-refractivity contribution in [1.82, 2.24) is 0 Å². The summed E-state index contributed by atoms with van der Waals surface area (Å²) >= 11 is 3.03. The van der Waals surface area contributed by atoms with Crippen LogP contribution >= 0.6 is 15.9 Å². The van der Waals surface area contributed by atoms with Gasteiger partial charge in [-0.1, -0.05) is 15.9 Å². The maximum atomic E-state index is 13.3. The summed E-state index contributed by atoms with van der Waals surface area (Å²) in [7, 11) is 0. The standard InChI is InChI=1S/C11H11BrF2O2/c1-6(15)3-7(2)16-10-5-8(12)4-9(13)11(10)14/h4-5,7H,3H2,1-2H3. The SMILES string of the molecule is CC(=O)CC(C)Oc1cc(Br)cc(F)c1F. The van der Waals surface area contributed by atoms with Crippen molar-refractivity contribution < 1.29 is 18.3 Å². The Bertz CT molecular complexity index is 407. The minimum absolute atomic E-state index is 0.0663. The van der Waals surface area contributed by atoms with Gasteiger partial charge in [0.25, 0.3) is 0 Å². The van der Waals surface area contributed by atoms with E-state index in [2.05, 4.69) is 15.9 Å². The number of hydrogen-bond acceptors (Lipinski definition) is 2. The van der Waals surface area contributed by atoms with E-state index in [4.69, 9.17) is 4.74 Å². The van der Waals surface area contributed by atoms with E-state index < -0.39 is 17.7 Å². The Kier molecular flexibility index (Phi) is 4.41. The largest absolute Gasteiger partial charge is 0.487 e. The number of halogens is 3. The first-order valence-electron chi connectivity index (χ1n) is 4.70. The molecular weight excluding hydrogens is 282 g/mol. The van der Waals surface area contributed by atoms with E-state index in [-0.39, 0.29) is 18.0 Å². The molecule has 0 aliphatic rings. The molecule has 0 fully saturated rings. The smallest absolute Gasteiger partial charge is 0.200 e. The van der Waals surface area contributed by atoms with E-state index in [0.717, 1.165) is 6.07 Å². The predicted octanol–water partition coefficient (Wildman–Crippen LogP) is 3.47. The summed E-state index contributed by atoms with van der Waals surface area (Å²) in [6.45, 7) is 3.04. The summed E-state index contributed by atoms with van der Waals surface area (Å²) in [4.78, 5) is 10.8. The Morgan fingerprint density at radius 3 is 2.69 bits per heavy atom. The molecule has 0 aliphatic carbocycles. The maximum absolute atomic E-state index is 13.3. The van der Waals surface area contributed by atoms with Gasteiger partial charge in [-0.3, -0.25) is 4.79 Å². The number of ketones is 1. The van der Waals surface area contributed by atoms with Crippen molar-refractivity contribution in [2.75, 3.05) is 0 Å². The fourth-order valence-corrected chi connectivity index (χ4v) is 1.69. The zero-order valence-electron chi connectivity index (χ0n) is 8.89. The van der Waals surface area contributed by atoms with Crippen molar-refractivity contribution >= 4 is 21.7 Å². The monoisotopic (exact) mass is 292 g/mol. The molecule has 88 valence electrons. The van der Waals surface area contributed by atoms with E-state index >= 15 is 0 Å². The van der Waals surface area contributed by atoms with Gasteiger partial charge in [-0.2, -0.15) is 4.39 Å². The van der Waals surface area contributed by atoms with Crippen molar-refractivity contribution in [3.05, 3.63) is 28.2 Å². The van der Waals surface area contributed by atoms with Gasteiger partial charge in [0, 0.05) is 10.9 Å². The summed E-state index contributed by atoms with van der Waals surface area (Å²) in [6.07, 6.45) is -0.325. The van der Waals surface area contributed by atoms with Crippen molar-refractivity contribution in [1.29, 1.82) is 0 Å². The normalized spacial score (nSPS) is 12.3. The zero-order chi connectivity index (χ0) is 12.3. The number of carbonyl (C=O) groups excluding carboxylic acids is 1. The Morgan fingerprint density at radius 2 is 2.12 bits per heavy atom. The molecule has 16 heavy (non-hydrogen) atoms. The van der Waals surface area contributed by atoms with Crippen molar-refractivity contribution in [3.63, 3.8) is 0 Å². The van der Waals surface area contributed by atoms with Crippen LogP contribution in [0.15, 0.2) is 16.6 Å². The fourth-order valence-electron chi connectivity index (χ4n) is 1.28. The molecule has 1 aromatic rings. The molecule has 1 unspecified atom stereocenters. The molecule has 2 nitrogen and oxygen atoms in total. The fraction of sp³-hybridized carbons (Fsp3) is 0.364. The molecule has 0 aliphatic heterocycles. The highest BCUT2D eigenvalue weighted by atomic mass is 79.9. The highest BCUT2D eigenvalue weighted by Crippen LogP contribution is 2.26. The summed E-state index contributed by atoms with van der Waals surface area (Å²) in [5, 5.41) is 0. The van der Waals surface area contributed by atoms with Crippen LogP contribution in [0.4, 0.5) is 8.78 Å². The number of ether oxygens (including phenoxy) is 1. The number of benzene rings is 1. The van der Waals surface area contributed by atoms with Crippen LogP contribution in [0.5, 0.6) is 5.75 Å². The quantitative estimate of drug-likeness (QED) is 0.794. The topological polar surface area (TPSA) is 26.3 Å². The van der Waals surface area contributed by atoms with Gasteiger partial charge in [-0.25, -0.2) is 4.39 Å². The summed E-state index contributed by atoms with van der Waals surface area (Å²) < 4.78 is 31.8. The number of hydrogen-bond donors (Lipinski definition) is 0. The molecule has 0 heterocycles. The highest BCUT2D eigenvalue weighted by Gasteiger charge is 2.14. The third-order valence-electron chi connectivity index (χ3n) is 1.86. The van der Waals surface area contributed by atoms with E-state index in [1.54, 1.807) is 6.92 Å². The van der Waals surface area contributed by atoms with Gasteiger partial charge >= 0.3 is 0 Å². The predicted molar refractivity (Wildman–Crippen MR) is 59.4 cm³/mol. The van der Waals surface area contributed by atoms with Crippen LogP contribution in [0.1, 0.15) is 20.3 Å². The van der Waals surface area contributed by atoms with Crippen LogP contribution in [-0.4, -0.2) is 11.9 Å². The van der Waals surface area contributed by atoms with Gasteiger partial charge in [0.05, 0.1) is 0 Å². The Balaban J connectivity index is 2.84. The average molecular weight is 293 g/mol. The average Bonchev–Trinajstić information content (AvgIpc) is 2.11. The molecule has 1 aromatic carbocycles. The molecule has 5 heteroatoms. The maximum Gasteiger partial charge on any atom is 0.200 e. The van der Waals surface area contributed by atoms with Gasteiger partial charge in [-0.05, 0) is 26.0 Å². The van der Waals surface area contributed by atoms with Gasteiger partial charge in [0.15, 0.2) is 11.6 Å². The summed E-state index contributed by atoms with van der Waals surface area (Å²) in [5.41, 5.74) is 0. The number of Topliss-reactive ketones (excluding diaryl/α,β-unsaturated/α-hetero) is 1. The first-order chi connectivity index (χ1) is 7.40. The van der Waals surface area contributed by atoms with E-state index in [1.807, 2.05) is 0 Å². The Hall–Kier alpha value is -0.970. The third-order valence-corrected chi connectivity index (χ3v) is 2.32. The zero-order valence-corrected chi connectivity index (χ0v) is 10.5. The molecule has 1 rings (SSSR count). The van der Waals surface area contributed by atoms with E-state index in [9.17, 15) is 13.6 Å². The van der Waals surface area contributed by atoms with Crippen molar-refractivity contribution in [3.8, 4) is 5.75 Å². The first kappa shape index (κ1) is 13.1. The van der Waals surface area contributed by atoms with Crippen molar-refractivity contribution in [2.24, 2.45) is 0 Å². The van der Waals surface area contributed by atoms with E-state index in [1.165, 1.54) is 13.0 Å². The molecule has 0 bridgehead atoms. The van der Waals surface area contributed by atoms with Gasteiger partial charge in [-0.15, -0.1) is 0 Å². The second kappa shape index (κ2) is 5.39. The van der Waals surface area contributed by atoms with Crippen molar-refractivity contribution in [2.45, 2.75) is 26.4 Å². The summed E-state index contributed by atoms with van der Waals surface area (Å²) in [5.74, 6) is -2.29. The van der Waals surface area contributed by atoms with Gasteiger partial charge in [0.2, 0.25) is 5.82 Å². The Morgan fingerprint density at radius 1 is 1.50 bits per heavy atom. The van der Waals surface area contributed by atoms with Crippen LogP contribution in [0, 0.1) is 11.6 Å². The van der Waals surface area contributed by atoms with Crippen LogP contribution < -0.4 is 4.74 Å². The highest BCUT2D eigenvalue weighted by molar-refractivity contribution is 9.10. The summed E-state index contributed by atoms with van der Waals surface area (Å²) in [6, 6.07) is 2.34. The molecule has 0 N–H and O–H groups in total. The van der Waals surface area contributed by atoms with Gasteiger partial charge < -0.3 is 4.74 Å². The molecule has 0 aromatic heterocycles. The number of rotatable bonds is 4. The first-order valence-corrected chi connectivity index (χ1v) is 5.50. The Labute approximate surface area is 101 Å². The molecule has 0 radical (unpaired) electrons. The lowest BCUT2D eigenvalue weighted by Gasteiger charge is -2.14. The molecule has 0 amide bonds. The number of carbonyl (C=O) groups is 1. The van der Waals surface area contributed by atoms with Crippen LogP contribution in [0.3, 0.4) is 0 Å². The third kappa shape index (κ3) is 3.56. The molecule has 0 spiro atoms. The van der Waals surface area contributed by atoms with Crippen LogP contribution in [0.2, 0.25) is 0 Å². The molecular formula is C11H11BrF2O2. The van der Waals surface area contributed by atoms with Crippen LogP contribution in [-0.2, 0) is 4.79 Å². The minimum Gasteiger partial charge on any atom is -0.487 e. The second-order valence-electron chi connectivity index (χ2n) is 3.53. The second-order valence-corrected chi connectivity index (χ2v) is 4.45. The molecule has 0 saturated carbocycles. The van der Waals surface area contributed by atoms with Crippen LogP contribution in [0.25, 0.3) is 0 Å². The molecule has 1 atom stereocenters. The molecule has 0 saturated heterocycles. The van der Waals surface area contributed by atoms with E-state index in [0.29, 0.717) is 4.47 Å². The lowest BCUT2D eigenvalue weighted by atomic mass is 10.2. The minimum atomic E-state index is -1.04. The lowest BCUT2D eigenvalue weighted by Crippen LogP contribution is -2.16.